The van der Waals surface area contributed by atoms with Gasteiger partial charge in [0.2, 0.25) is 0 Å². The monoisotopic (exact) mass is 231 g/mol. The van der Waals surface area contributed by atoms with Crippen molar-refractivity contribution in [2.75, 3.05) is 11.9 Å². The standard InChI is InChI=1S/C14H11F2N/c15-11-3-4-13(16)12(8-11)10-2-1-9-5-6-17-14(9)7-10/h1-4,7-8,17H,5-6H2. The lowest BCUT2D eigenvalue weighted by Crippen LogP contribution is -1.91. The maximum atomic E-state index is 13.6. The molecule has 0 amide bonds. The van der Waals surface area contributed by atoms with E-state index in [4.69, 9.17) is 0 Å². The predicted octanol–water partition coefficient (Wildman–Crippen LogP) is 3.60. The summed E-state index contributed by atoms with van der Waals surface area (Å²) in [5, 5.41) is 3.23. The molecule has 0 atom stereocenters. The van der Waals surface area contributed by atoms with Crippen molar-refractivity contribution in [1.82, 2.24) is 0 Å². The van der Waals surface area contributed by atoms with E-state index in [1.54, 1.807) is 0 Å². The lowest BCUT2D eigenvalue weighted by Gasteiger charge is -2.06. The average molecular weight is 231 g/mol. The molecule has 2 aromatic carbocycles. The Kier molecular flexibility index (Phi) is 2.32. The molecule has 0 radical (unpaired) electrons. The van der Waals surface area contributed by atoms with Crippen molar-refractivity contribution < 1.29 is 8.78 Å². The Balaban J connectivity index is 2.12. The minimum atomic E-state index is -0.421. The Labute approximate surface area is 98.1 Å². The zero-order valence-corrected chi connectivity index (χ0v) is 9.13. The van der Waals surface area contributed by atoms with E-state index in [-0.39, 0.29) is 0 Å². The van der Waals surface area contributed by atoms with Crippen LogP contribution in [-0.2, 0) is 6.42 Å². The Morgan fingerprint density at radius 3 is 2.76 bits per heavy atom. The van der Waals surface area contributed by atoms with E-state index in [2.05, 4.69) is 5.32 Å². The van der Waals surface area contributed by atoms with Crippen LogP contribution in [0, 0.1) is 11.6 Å². The maximum absolute atomic E-state index is 13.6. The van der Waals surface area contributed by atoms with Gasteiger partial charge in [0.25, 0.3) is 0 Å². The zero-order valence-electron chi connectivity index (χ0n) is 9.13. The molecule has 0 unspecified atom stereocenters. The molecule has 1 nitrogen and oxygen atoms in total. The minimum absolute atomic E-state index is 0.307. The first-order valence-electron chi connectivity index (χ1n) is 5.56. The molecule has 3 rings (SSSR count). The van der Waals surface area contributed by atoms with Gasteiger partial charge in [-0.05, 0) is 41.8 Å². The highest BCUT2D eigenvalue weighted by Gasteiger charge is 2.12. The van der Waals surface area contributed by atoms with Crippen LogP contribution in [0.15, 0.2) is 36.4 Å². The molecule has 0 spiro atoms. The van der Waals surface area contributed by atoms with E-state index in [0.717, 1.165) is 30.8 Å². The second kappa shape index (κ2) is 3.84. The Hall–Kier alpha value is -1.90. The van der Waals surface area contributed by atoms with Crippen molar-refractivity contribution in [3.63, 3.8) is 0 Å². The average Bonchev–Trinajstić information content (AvgIpc) is 2.79. The fraction of sp³-hybridized carbons (Fsp3) is 0.143. The van der Waals surface area contributed by atoms with Gasteiger partial charge in [-0.25, -0.2) is 8.78 Å². The molecule has 0 saturated carbocycles. The van der Waals surface area contributed by atoms with Crippen molar-refractivity contribution >= 4 is 5.69 Å². The Bertz CT molecular complexity index is 578. The molecule has 1 N–H and O–H groups in total. The van der Waals surface area contributed by atoms with Gasteiger partial charge in [-0.1, -0.05) is 12.1 Å². The molecule has 0 bridgehead atoms. The molecule has 17 heavy (non-hydrogen) atoms. The first-order chi connectivity index (χ1) is 8.24. The van der Waals surface area contributed by atoms with Crippen LogP contribution in [-0.4, -0.2) is 6.54 Å². The second-order valence-corrected chi connectivity index (χ2v) is 4.17. The molecular weight excluding hydrogens is 220 g/mol. The largest absolute Gasteiger partial charge is 0.384 e. The molecule has 0 saturated heterocycles. The molecule has 3 heteroatoms. The number of hydrogen-bond acceptors (Lipinski definition) is 1. The van der Waals surface area contributed by atoms with E-state index < -0.39 is 11.6 Å². The molecule has 1 heterocycles. The smallest absolute Gasteiger partial charge is 0.131 e. The third kappa shape index (κ3) is 1.78. The summed E-state index contributed by atoms with van der Waals surface area (Å²) in [4.78, 5) is 0. The molecule has 86 valence electrons. The van der Waals surface area contributed by atoms with Crippen LogP contribution in [0.2, 0.25) is 0 Å². The second-order valence-electron chi connectivity index (χ2n) is 4.17. The summed E-state index contributed by atoms with van der Waals surface area (Å²) in [6.07, 6.45) is 0.987. The van der Waals surface area contributed by atoms with Crippen LogP contribution in [0.3, 0.4) is 0 Å². The van der Waals surface area contributed by atoms with Crippen LogP contribution < -0.4 is 5.32 Å². The normalized spacial score (nSPS) is 13.3. The highest BCUT2D eigenvalue weighted by atomic mass is 19.1. The molecule has 0 aliphatic carbocycles. The van der Waals surface area contributed by atoms with E-state index in [1.165, 1.54) is 11.6 Å². The molecule has 1 aliphatic rings. The number of anilines is 1. The van der Waals surface area contributed by atoms with Gasteiger partial charge in [0.1, 0.15) is 11.6 Å². The number of fused-ring (bicyclic) bond motifs is 1. The van der Waals surface area contributed by atoms with Crippen molar-refractivity contribution in [3.8, 4) is 11.1 Å². The van der Waals surface area contributed by atoms with Gasteiger partial charge in [0.15, 0.2) is 0 Å². The summed E-state index contributed by atoms with van der Waals surface area (Å²) >= 11 is 0. The number of nitrogens with one attached hydrogen (secondary N) is 1. The van der Waals surface area contributed by atoms with Crippen molar-refractivity contribution in [3.05, 3.63) is 53.6 Å². The zero-order chi connectivity index (χ0) is 11.8. The topological polar surface area (TPSA) is 12.0 Å². The quantitative estimate of drug-likeness (QED) is 0.790. The summed E-state index contributed by atoms with van der Waals surface area (Å²) in [6.45, 7) is 0.907. The van der Waals surface area contributed by atoms with Gasteiger partial charge in [-0.15, -0.1) is 0 Å². The van der Waals surface area contributed by atoms with E-state index in [0.29, 0.717) is 11.1 Å². The predicted molar refractivity (Wildman–Crippen MR) is 64.0 cm³/mol. The third-order valence-corrected chi connectivity index (χ3v) is 3.06. The van der Waals surface area contributed by atoms with Gasteiger partial charge in [-0.3, -0.25) is 0 Å². The number of rotatable bonds is 1. The van der Waals surface area contributed by atoms with E-state index in [9.17, 15) is 8.78 Å². The van der Waals surface area contributed by atoms with Gasteiger partial charge in [-0.2, -0.15) is 0 Å². The van der Waals surface area contributed by atoms with E-state index >= 15 is 0 Å². The van der Waals surface area contributed by atoms with Gasteiger partial charge >= 0.3 is 0 Å². The SMILES string of the molecule is Fc1ccc(F)c(-c2ccc3c(c2)NCC3)c1. The number of halogens is 2. The minimum Gasteiger partial charge on any atom is -0.384 e. The highest BCUT2D eigenvalue weighted by molar-refractivity contribution is 5.71. The Morgan fingerprint density at radius 2 is 1.88 bits per heavy atom. The Morgan fingerprint density at radius 1 is 1.00 bits per heavy atom. The lowest BCUT2D eigenvalue weighted by atomic mass is 10.0. The first-order valence-corrected chi connectivity index (χ1v) is 5.56. The summed E-state index contributed by atoms with van der Waals surface area (Å²) < 4.78 is 26.7. The molecule has 0 fully saturated rings. The first kappa shape index (κ1) is 10.3. The highest BCUT2D eigenvalue weighted by Crippen LogP contribution is 2.30. The van der Waals surface area contributed by atoms with Gasteiger partial charge < -0.3 is 5.32 Å². The van der Waals surface area contributed by atoms with Crippen molar-refractivity contribution in [2.45, 2.75) is 6.42 Å². The van der Waals surface area contributed by atoms with Crippen molar-refractivity contribution in [2.24, 2.45) is 0 Å². The lowest BCUT2D eigenvalue weighted by molar-refractivity contribution is 0.603. The fourth-order valence-corrected chi connectivity index (χ4v) is 2.18. The molecular formula is C14H11F2N. The molecule has 2 aromatic rings. The maximum Gasteiger partial charge on any atom is 0.131 e. The van der Waals surface area contributed by atoms with Gasteiger partial charge in [0.05, 0.1) is 0 Å². The number of benzene rings is 2. The van der Waals surface area contributed by atoms with Gasteiger partial charge in [0, 0.05) is 17.8 Å². The van der Waals surface area contributed by atoms with Crippen LogP contribution in [0.1, 0.15) is 5.56 Å². The van der Waals surface area contributed by atoms with E-state index in [1.807, 2.05) is 18.2 Å². The van der Waals surface area contributed by atoms with Crippen LogP contribution >= 0.6 is 0 Å². The van der Waals surface area contributed by atoms with Crippen LogP contribution in [0.4, 0.5) is 14.5 Å². The summed E-state index contributed by atoms with van der Waals surface area (Å²) in [7, 11) is 0. The molecule has 0 aromatic heterocycles. The fourth-order valence-electron chi connectivity index (χ4n) is 2.18. The third-order valence-electron chi connectivity index (χ3n) is 3.06. The number of hydrogen-bond donors (Lipinski definition) is 1. The van der Waals surface area contributed by atoms with Crippen LogP contribution in [0.25, 0.3) is 11.1 Å². The van der Waals surface area contributed by atoms with Crippen molar-refractivity contribution in [1.29, 1.82) is 0 Å². The summed E-state index contributed by atoms with van der Waals surface area (Å²) in [6, 6.07) is 9.20. The molecule has 1 aliphatic heterocycles. The van der Waals surface area contributed by atoms with Crippen LogP contribution in [0.5, 0.6) is 0 Å². The summed E-state index contributed by atoms with van der Waals surface area (Å²) in [5.41, 5.74) is 3.26. The summed E-state index contributed by atoms with van der Waals surface area (Å²) in [5.74, 6) is -0.820.